The van der Waals surface area contributed by atoms with Gasteiger partial charge in [0.05, 0.1) is 30.9 Å². The van der Waals surface area contributed by atoms with Crippen LogP contribution in [0.5, 0.6) is 0 Å². The molecule has 55 heavy (non-hydrogen) atoms. The first-order chi connectivity index (χ1) is 26.5. The number of aromatic amines is 1. The number of hydrogen-bond donors (Lipinski definition) is 3. The number of aromatic nitrogens is 2. The summed E-state index contributed by atoms with van der Waals surface area (Å²) in [6, 6.07) is 0. The molecule has 1 aromatic rings. The number of esters is 2. The highest BCUT2D eigenvalue weighted by atomic mass is 19.1. The van der Waals surface area contributed by atoms with Crippen LogP contribution in [0.3, 0.4) is 0 Å². The molecule has 0 radical (unpaired) electrons. The van der Waals surface area contributed by atoms with Crippen molar-refractivity contribution in [1.82, 2.24) is 9.55 Å². The van der Waals surface area contributed by atoms with Crippen molar-refractivity contribution in [3.05, 3.63) is 32.9 Å². The number of halogens is 1. The van der Waals surface area contributed by atoms with E-state index in [1.165, 1.54) is 64.2 Å². The van der Waals surface area contributed by atoms with E-state index in [1.54, 1.807) is 0 Å². The molecule has 0 aliphatic carbocycles. The van der Waals surface area contributed by atoms with Crippen LogP contribution in [0.15, 0.2) is 15.8 Å². The lowest BCUT2D eigenvalue weighted by Crippen LogP contribution is -2.34. The molecule has 2 rings (SSSR count). The summed E-state index contributed by atoms with van der Waals surface area (Å²) in [4.78, 5) is 75.7. The standard InChI is InChI=1S/C41H67FN2O11/c1-3-5-7-9-11-13-15-17-19-21-23-30(39(48)49)25-36(45)53-29-34-33(27-35(54-34)44-28-32(42)38(47)43-41(44)52)55-37(46)26-31(40(50)51)24-22-20-18-16-14-12-10-8-6-4-2/h28,30-31,33-35H,3-27,29H2,1-2H3,(H,48,49)(H,50,51)(H,43,47,52)/t30?,31?,33?,34-,35-/m0/s1. The number of rotatable bonds is 32. The first kappa shape index (κ1) is 47.6. The third kappa shape index (κ3) is 19.7. The van der Waals surface area contributed by atoms with Crippen LogP contribution in [-0.2, 0) is 33.4 Å². The van der Waals surface area contributed by atoms with Crippen LogP contribution in [0.25, 0.3) is 0 Å². The smallest absolute Gasteiger partial charge is 0.330 e. The summed E-state index contributed by atoms with van der Waals surface area (Å²) in [5.41, 5.74) is -2.20. The van der Waals surface area contributed by atoms with Gasteiger partial charge in [0, 0.05) is 6.42 Å². The van der Waals surface area contributed by atoms with Gasteiger partial charge in [0.25, 0.3) is 5.56 Å². The summed E-state index contributed by atoms with van der Waals surface area (Å²) >= 11 is 0. The number of nitrogens with one attached hydrogen (secondary N) is 1. The van der Waals surface area contributed by atoms with Gasteiger partial charge in [-0.2, -0.15) is 4.39 Å². The van der Waals surface area contributed by atoms with Crippen LogP contribution in [-0.4, -0.2) is 62.5 Å². The normalized spacial score (nSPS) is 17.8. The van der Waals surface area contributed by atoms with Gasteiger partial charge < -0.3 is 24.4 Å². The number of carboxylic acids is 2. The van der Waals surface area contributed by atoms with Crippen LogP contribution < -0.4 is 11.2 Å². The van der Waals surface area contributed by atoms with E-state index >= 15 is 0 Å². The maximum atomic E-state index is 14.1. The van der Waals surface area contributed by atoms with Gasteiger partial charge in [0.15, 0.2) is 0 Å². The van der Waals surface area contributed by atoms with Crippen molar-refractivity contribution >= 4 is 23.9 Å². The van der Waals surface area contributed by atoms with E-state index in [0.29, 0.717) is 31.9 Å². The maximum absolute atomic E-state index is 14.1. The zero-order valence-corrected chi connectivity index (χ0v) is 33.2. The largest absolute Gasteiger partial charge is 0.481 e. The minimum Gasteiger partial charge on any atom is -0.481 e. The van der Waals surface area contributed by atoms with Gasteiger partial charge in [0.2, 0.25) is 5.82 Å². The Bertz CT molecular complexity index is 1400. The molecule has 1 aliphatic heterocycles. The zero-order valence-electron chi connectivity index (χ0n) is 33.2. The molecule has 0 bridgehead atoms. The molecule has 13 nitrogen and oxygen atoms in total. The summed E-state index contributed by atoms with van der Waals surface area (Å²) in [7, 11) is 0. The maximum Gasteiger partial charge on any atom is 0.330 e. The fourth-order valence-electron chi connectivity index (χ4n) is 7.06. The quantitative estimate of drug-likeness (QED) is 0.0471. The highest BCUT2D eigenvalue weighted by molar-refractivity contribution is 5.79. The molecular formula is C41H67FN2O11. The number of carboxylic acid groups (broad SMARTS) is 2. The molecule has 0 amide bonds. The summed E-state index contributed by atoms with van der Waals surface area (Å²) in [6.45, 7) is 3.90. The van der Waals surface area contributed by atoms with E-state index in [2.05, 4.69) is 13.8 Å². The van der Waals surface area contributed by atoms with Crippen molar-refractivity contribution in [2.24, 2.45) is 11.8 Å². The van der Waals surface area contributed by atoms with Crippen LogP contribution in [0.4, 0.5) is 4.39 Å². The van der Waals surface area contributed by atoms with Crippen LogP contribution >= 0.6 is 0 Å². The first-order valence-electron chi connectivity index (χ1n) is 20.9. The van der Waals surface area contributed by atoms with E-state index in [4.69, 9.17) is 14.2 Å². The molecule has 1 fully saturated rings. The Morgan fingerprint density at radius 2 is 1.18 bits per heavy atom. The van der Waals surface area contributed by atoms with Gasteiger partial charge in [-0.05, 0) is 12.8 Å². The molecule has 0 saturated carbocycles. The third-order valence-corrected chi connectivity index (χ3v) is 10.4. The second kappa shape index (κ2) is 27.9. The van der Waals surface area contributed by atoms with Crippen molar-refractivity contribution in [3.63, 3.8) is 0 Å². The summed E-state index contributed by atoms with van der Waals surface area (Å²) < 4.78 is 31.8. The van der Waals surface area contributed by atoms with E-state index in [-0.39, 0.29) is 12.8 Å². The highest BCUT2D eigenvalue weighted by Gasteiger charge is 2.41. The molecule has 2 heterocycles. The molecule has 0 aromatic carbocycles. The van der Waals surface area contributed by atoms with E-state index in [0.717, 1.165) is 55.9 Å². The second-order valence-electron chi connectivity index (χ2n) is 15.1. The first-order valence-corrected chi connectivity index (χ1v) is 20.9. The predicted octanol–water partition coefficient (Wildman–Crippen LogP) is 8.22. The third-order valence-electron chi connectivity index (χ3n) is 10.4. The number of hydrogen-bond acceptors (Lipinski definition) is 9. The van der Waals surface area contributed by atoms with Crippen LogP contribution in [0.1, 0.15) is 181 Å². The lowest BCUT2D eigenvalue weighted by molar-refractivity contribution is -0.163. The monoisotopic (exact) mass is 782 g/mol. The molecule has 314 valence electrons. The van der Waals surface area contributed by atoms with E-state index in [1.807, 2.05) is 4.98 Å². The van der Waals surface area contributed by atoms with Gasteiger partial charge in [-0.1, -0.05) is 142 Å². The minimum absolute atomic E-state index is 0.188. The molecule has 1 aliphatic rings. The highest BCUT2D eigenvalue weighted by Crippen LogP contribution is 2.31. The molecule has 14 heteroatoms. The Hall–Kier alpha value is -3.55. The van der Waals surface area contributed by atoms with Gasteiger partial charge in [-0.15, -0.1) is 0 Å². The Morgan fingerprint density at radius 3 is 1.64 bits per heavy atom. The topological polar surface area (TPSA) is 191 Å². The molecular weight excluding hydrogens is 715 g/mol. The minimum atomic E-state index is -1.25. The number of carbonyl (C=O) groups is 4. The molecule has 5 atom stereocenters. The summed E-state index contributed by atoms with van der Waals surface area (Å²) in [5, 5.41) is 19.5. The van der Waals surface area contributed by atoms with Crippen molar-refractivity contribution in [2.75, 3.05) is 6.61 Å². The average molecular weight is 783 g/mol. The average Bonchev–Trinajstić information content (AvgIpc) is 3.54. The number of aliphatic carboxylic acids is 2. The number of unbranched alkanes of at least 4 members (excludes halogenated alkanes) is 18. The SMILES string of the molecule is CCCCCCCCCCCCC(CC(=O)OC[C@@H]1O[C@H](n2cc(F)c(=O)[nH]c2=O)CC1OC(=O)CC(CCCCCCCCCCCC)C(=O)O)C(=O)O. The molecule has 1 saturated heterocycles. The lowest BCUT2D eigenvalue weighted by atomic mass is 9.97. The summed E-state index contributed by atoms with van der Waals surface area (Å²) in [6.07, 6.45) is 18.6. The van der Waals surface area contributed by atoms with E-state index < -0.39 is 84.2 Å². The van der Waals surface area contributed by atoms with Gasteiger partial charge >= 0.3 is 29.6 Å². The van der Waals surface area contributed by atoms with Gasteiger partial charge in [-0.3, -0.25) is 33.5 Å². The fourth-order valence-corrected chi connectivity index (χ4v) is 7.06. The molecule has 0 spiro atoms. The Balaban J connectivity index is 1.93. The molecule has 1 aromatic heterocycles. The van der Waals surface area contributed by atoms with E-state index in [9.17, 15) is 43.4 Å². The van der Waals surface area contributed by atoms with Gasteiger partial charge in [0.1, 0.15) is 25.0 Å². The van der Waals surface area contributed by atoms with Crippen molar-refractivity contribution in [3.8, 4) is 0 Å². The van der Waals surface area contributed by atoms with Crippen molar-refractivity contribution in [1.29, 1.82) is 0 Å². The Morgan fingerprint density at radius 1 is 0.745 bits per heavy atom. The summed E-state index contributed by atoms with van der Waals surface area (Å²) in [5.74, 6) is -7.03. The predicted molar refractivity (Wildman–Crippen MR) is 205 cm³/mol. The molecule has 3 unspecified atom stereocenters. The zero-order chi connectivity index (χ0) is 40.4. The number of nitrogens with zero attached hydrogens (tertiary/aromatic N) is 1. The Labute approximate surface area is 325 Å². The fraction of sp³-hybridized carbons (Fsp3) is 0.805. The van der Waals surface area contributed by atoms with Crippen molar-refractivity contribution < 1.29 is 48.0 Å². The van der Waals surface area contributed by atoms with Crippen LogP contribution in [0.2, 0.25) is 0 Å². The van der Waals surface area contributed by atoms with Crippen molar-refractivity contribution in [2.45, 2.75) is 193 Å². The van der Waals surface area contributed by atoms with Gasteiger partial charge in [-0.25, -0.2) is 4.79 Å². The second-order valence-corrected chi connectivity index (χ2v) is 15.1. The lowest BCUT2D eigenvalue weighted by Gasteiger charge is -2.20. The molecule has 3 N–H and O–H groups in total. The Kier molecular flexibility index (Phi) is 24.2. The number of H-pyrrole nitrogens is 1. The number of ether oxygens (including phenoxy) is 3. The number of carbonyl (C=O) groups excluding carboxylic acids is 2. The van der Waals surface area contributed by atoms with Crippen LogP contribution in [0, 0.1) is 17.7 Å².